The molecule has 1 unspecified atom stereocenters. The number of esters is 2. The molecule has 9 nitrogen and oxygen atoms in total. The summed E-state index contributed by atoms with van der Waals surface area (Å²) in [7, 11) is 1.12. The van der Waals surface area contributed by atoms with Gasteiger partial charge >= 0.3 is 11.9 Å². The summed E-state index contributed by atoms with van der Waals surface area (Å²) < 4.78 is 33.8. The van der Waals surface area contributed by atoms with Gasteiger partial charge < -0.3 is 27.9 Å². The molecular weight excluding hydrogens is 750 g/mol. The molecule has 0 aliphatic heterocycles. The Balaban J connectivity index is 4.44. The third kappa shape index (κ3) is 43.0. The van der Waals surface area contributed by atoms with E-state index in [0.29, 0.717) is 23.9 Å². The number of hydrogen-bond acceptors (Lipinski definition) is 8. The highest BCUT2D eigenvalue weighted by Crippen LogP contribution is 2.38. The summed E-state index contributed by atoms with van der Waals surface area (Å²) in [4.78, 5) is 37.5. The van der Waals surface area contributed by atoms with E-state index in [2.05, 4.69) is 80.7 Å². The van der Waals surface area contributed by atoms with E-state index in [1.807, 2.05) is 27.2 Å². The molecule has 334 valence electrons. The SMILES string of the molecule is CC/C=C/C/C=C/C/C=C/C/C=C/C/C=C/CCCC(=O)O[C@H](COC(=O)CCCCCCCCCCC/C=C/CCCCCC)COP(=O)([O-])OCC[N+](C)(C)C. The quantitative estimate of drug-likeness (QED) is 0.0197. The predicted molar refractivity (Wildman–Crippen MR) is 240 cm³/mol. The number of ether oxygens (including phenoxy) is 2. The van der Waals surface area contributed by atoms with Gasteiger partial charge in [-0.15, -0.1) is 0 Å². The van der Waals surface area contributed by atoms with Gasteiger partial charge in [-0.2, -0.15) is 0 Å². The van der Waals surface area contributed by atoms with Crippen LogP contribution < -0.4 is 4.89 Å². The van der Waals surface area contributed by atoms with Gasteiger partial charge in [0.25, 0.3) is 7.82 Å². The van der Waals surface area contributed by atoms with Crippen molar-refractivity contribution >= 4 is 19.8 Å². The number of allylic oxidation sites excluding steroid dienone is 12. The first kappa shape index (κ1) is 55.5. The van der Waals surface area contributed by atoms with Crippen molar-refractivity contribution < 1.29 is 42.1 Å². The second kappa shape index (κ2) is 39.9. The Morgan fingerprint density at radius 1 is 0.552 bits per heavy atom. The molecule has 0 saturated heterocycles. The van der Waals surface area contributed by atoms with E-state index < -0.39 is 32.5 Å². The monoisotopic (exact) mass is 834 g/mol. The molecule has 0 rings (SSSR count). The van der Waals surface area contributed by atoms with E-state index in [4.69, 9.17) is 18.5 Å². The van der Waals surface area contributed by atoms with Crippen molar-refractivity contribution in [1.29, 1.82) is 0 Å². The Hall–Kier alpha value is -2.55. The summed E-state index contributed by atoms with van der Waals surface area (Å²) in [6, 6.07) is 0. The van der Waals surface area contributed by atoms with Crippen molar-refractivity contribution in [1.82, 2.24) is 0 Å². The van der Waals surface area contributed by atoms with E-state index in [0.717, 1.165) is 57.8 Å². The van der Waals surface area contributed by atoms with Crippen LogP contribution in [0.1, 0.15) is 168 Å². The predicted octanol–water partition coefficient (Wildman–Crippen LogP) is 12.4. The number of likely N-dealkylation sites (N-methyl/N-ethyl adjacent to an activating group) is 1. The molecule has 0 heterocycles. The summed E-state index contributed by atoms with van der Waals surface area (Å²) in [5, 5.41) is 0. The highest BCUT2D eigenvalue weighted by atomic mass is 31.2. The number of unbranched alkanes of at least 4 members (excludes halogenated alkanes) is 14. The van der Waals surface area contributed by atoms with Gasteiger partial charge in [0.15, 0.2) is 6.10 Å². The largest absolute Gasteiger partial charge is 0.756 e. The molecule has 0 radical (unpaired) electrons. The van der Waals surface area contributed by atoms with Crippen LogP contribution in [0.5, 0.6) is 0 Å². The van der Waals surface area contributed by atoms with Crippen molar-refractivity contribution in [2.24, 2.45) is 0 Å². The van der Waals surface area contributed by atoms with Crippen LogP contribution in [0, 0.1) is 0 Å². The van der Waals surface area contributed by atoms with Gasteiger partial charge in [0, 0.05) is 12.8 Å². The summed E-state index contributed by atoms with van der Waals surface area (Å²) in [5.41, 5.74) is 0. The maximum absolute atomic E-state index is 12.7. The minimum Gasteiger partial charge on any atom is -0.756 e. The van der Waals surface area contributed by atoms with E-state index in [1.54, 1.807) is 0 Å². The van der Waals surface area contributed by atoms with Gasteiger partial charge in [-0.05, 0) is 77.0 Å². The first-order valence-corrected chi connectivity index (χ1v) is 24.1. The molecule has 0 N–H and O–H groups in total. The van der Waals surface area contributed by atoms with E-state index in [1.165, 1.54) is 70.6 Å². The first-order valence-electron chi connectivity index (χ1n) is 22.6. The van der Waals surface area contributed by atoms with Crippen molar-refractivity contribution in [2.45, 2.75) is 174 Å². The lowest BCUT2D eigenvalue weighted by atomic mass is 10.1. The smallest absolute Gasteiger partial charge is 0.306 e. The number of phosphoric acid groups is 1. The van der Waals surface area contributed by atoms with Crippen LogP contribution in [0.4, 0.5) is 0 Å². The third-order valence-electron chi connectivity index (χ3n) is 9.21. The summed E-state index contributed by atoms with van der Waals surface area (Å²) in [6.45, 7) is 4.02. The minimum absolute atomic E-state index is 0.0449. The maximum atomic E-state index is 12.7. The zero-order valence-electron chi connectivity index (χ0n) is 37.5. The second-order valence-corrected chi connectivity index (χ2v) is 17.4. The fourth-order valence-corrected chi connectivity index (χ4v) is 6.41. The van der Waals surface area contributed by atoms with Gasteiger partial charge in [-0.25, -0.2) is 0 Å². The number of quaternary nitrogens is 1. The van der Waals surface area contributed by atoms with Crippen molar-refractivity contribution in [3.63, 3.8) is 0 Å². The lowest BCUT2D eigenvalue weighted by Gasteiger charge is -2.28. The van der Waals surface area contributed by atoms with Gasteiger partial charge in [0.1, 0.15) is 19.8 Å². The highest BCUT2D eigenvalue weighted by molar-refractivity contribution is 7.45. The van der Waals surface area contributed by atoms with Crippen LogP contribution in [0.15, 0.2) is 72.9 Å². The van der Waals surface area contributed by atoms with Crippen LogP contribution in [-0.4, -0.2) is 70.0 Å². The van der Waals surface area contributed by atoms with Gasteiger partial charge in [-0.3, -0.25) is 14.2 Å². The molecular formula is C48H84NO8P. The standard InChI is InChI=1S/C48H84NO8P/c1-6-8-10-12-14-16-18-20-22-24-26-28-30-32-34-36-38-40-47(50)54-44-46(45-56-58(52,53)55-43-42-49(3,4)5)57-48(51)41-39-37-35-33-31-29-27-25-23-21-19-17-15-13-11-9-7-2/h9,11,15-18,21,23,27,29,33,35,46H,6-8,10,12-14,19-20,22,24-26,28,30-32,34,36-45H2,1-5H3/b11-9+,17-15+,18-16+,23-21+,29-27+,35-33+/t46-/m1/s1. The molecule has 0 aromatic rings. The Labute approximate surface area is 355 Å². The lowest BCUT2D eigenvalue weighted by Crippen LogP contribution is -2.37. The Kier molecular flexibility index (Phi) is 38.1. The summed E-state index contributed by atoms with van der Waals surface area (Å²) in [5.74, 6) is -0.910. The van der Waals surface area contributed by atoms with Crippen LogP contribution in [0.25, 0.3) is 0 Å². The fourth-order valence-electron chi connectivity index (χ4n) is 5.68. The number of hydrogen-bond donors (Lipinski definition) is 0. The van der Waals surface area contributed by atoms with Gasteiger partial charge in [-0.1, -0.05) is 151 Å². The van der Waals surface area contributed by atoms with Crippen molar-refractivity contribution in [2.75, 3.05) is 47.5 Å². The molecule has 10 heteroatoms. The first-order chi connectivity index (χ1) is 28.0. The van der Waals surface area contributed by atoms with E-state index >= 15 is 0 Å². The Morgan fingerprint density at radius 3 is 1.53 bits per heavy atom. The van der Waals surface area contributed by atoms with Gasteiger partial charge in [0.05, 0.1) is 27.7 Å². The zero-order valence-corrected chi connectivity index (χ0v) is 38.4. The van der Waals surface area contributed by atoms with Gasteiger partial charge in [0.2, 0.25) is 0 Å². The molecule has 0 bridgehead atoms. The molecule has 58 heavy (non-hydrogen) atoms. The molecule has 0 aromatic heterocycles. The third-order valence-corrected chi connectivity index (χ3v) is 10.2. The van der Waals surface area contributed by atoms with Crippen molar-refractivity contribution in [3.8, 4) is 0 Å². The fraction of sp³-hybridized carbons (Fsp3) is 0.708. The van der Waals surface area contributed by atoms with Crippen LogP contribution in [-0.2, 0) is 32.7 Å². The normalized spacial score (nSPS) is 14.2. The Morgan fingerprint density at radius 2 is 1.00 bits per heavy atom. The summed E-state index contributed by atoms with van der Waals surface area (Å²) in [6.07, 6.45) is 49.3. The molecule has 0 spiro atoms. The molecule has 0 saturated carbocycles. The Bertz CT molecular complexity index is 1220. The molecule has 0 aliphatic rings. The average Bonchev–Trinajstić information content (AvgIpc) is 3.17. The molecule has 0 fully saturated rings. The van der Waals surface area contributed by atoms with Crippen LogP contribution in [0.2, 0.25) is 0 Å². The maximum Gasteiger partial charge on any atom is 0.306 e. The lowest BCUT2D eigenvalue weighted by molar-refractivity contribution is -0.870. The molecule has 0 aliphatic carbocycles. The number of rotatable bonds is 40. The van der Waals surface area contributed by atoms with E-state index in [-0.39, 0.29) is 26.1 Å². The molecule has 0 aromatic carbocycles. The molecule has 0 amide bonds. The zero-order chi connectivity index (χ0) is 42.8. The second-order valence-electron chi connectivity index (χ2n) is 16.0. The minimum atomic E-state index is -4.64. The number of phosphoric ester groups is 1. The highest BCUT2D eigenvalue weighted by Gasteiger charge is 2.21. The average molecular weight is 834 g/mol. The number of carbonyl (C=O) groups is 2. The van der Waals surface area contributed by atoms with E-state index in [9.17, 15) is 19.0 Å². The van der Waals surface area contributed by atoms with Crippen LogP contribution in [0.3, 0.4) is 0 Å². The number of carbonyl (C=O) groups excluding carboxylic acids is 2. The van der Waals surface area contributed by atoms with Crippen LogP contribution >= 0.6 is 7.82 Å². The number of nitrogens with zero attached hydrogens (tertiary/aromatic N) is 1. The van der Waals surface area contributed by atoms with Crippen molar-refractivity contribution in [3.05, 3.63) is 72.9 Å². The summed E-state index contributed by atoms with van der Waals surface area (Å²) >= 11 is 0. The molecule has 2 atom stereocenters. The topological polar surface area (TPSA) is 111 Å².